The van der Waals surface area contributed by atoms with Crippen molar-refractivity contribution in [3.8, 4) is 0 Å². The van der Waals surface area contributed by atoms with E-state index in [9.17, 15) is 9.90 Å². The third kappa shape index (κ3) is 2.82. The van der Waals surface area contributed by atoms with Gasteiger partial charge in [0.25, 0.3) is 0 Å². The first kappa shape index (κ1) is 10.3. The molecule has 1 radical (unpaired) electrons. The molecule has 0 spiro atoms. The highest BCUT2D eigenvalue weighted by atomic mass is 16.3. The average Bonchev–Trinajstić information content (AvgIpc) is 1.86. The van der Waals surface area contributed by atoms with Crippen molar-refractivity contribution in [3.05, 3.63) is 19.1 Å². The van der Waals surface area contributed by atoms with Gasteiger partial charge < -0.3 is 10.2 Å². The minimum absolute atomic E-state index is 0.0569. The van der Waals surface area contributed by atoms with Crippen molar-refractivity contribution in [3.63, 3.8) is 0 Å². The molecule has 1 unspecified atom stereocenters. The monoisotopic (exact) mass is 157 g/mol. The molecule has 0 heterocycles. The van der Waals surface area contributed by atoms with Gasteiger partial charge in [-0.1, -0.05) is 6.58 Å². The number of carbonyl (C=O) groups is 1. The van der Waals surface area contributed by atoms with Crippen LogP contribution in [0.5, 0.6) is 0 Å². The van der Waals surface area contributed by atoms with Crippen molar-refractivity contribution < 1.29 is 15.0 Å². The molecule has 11 heavy (non-hydrogen) atoms. The van der Waals surface area contributed by atoms with E-state index < -0.39 is 11.4 Å². The number of rotatable bonds is 4. The summed E-state index contributed by atoms with van der Waals surface area (Å²) in [5.41, 5.74) is -1.46. The molecule has 0 aromatic carbocycles. The Kier molecular flexibility index (Phi) is 3.42. The lowest BCUT2D eigenvalue weighted by atomic mass is 9.93. The molecule has 0 aromatic heterocycles. The van der Waals surface area contributed by atoms with E-state index in [4.69, 9.17) is 5.11 Å². The third-order valence-corrected chi connectivity index (χ3v) is 1.34. The Hall–Kier alpha value is -0.670. The van der Waals surface area contributed by atoms with E-state index >= 15 is 0 Å². The molecule has 0 saturated carbocycles. The zero-order chi connectivity index (χ0) is 9.07. The molecule has 0 aliphatic rings. The summed E-state index contributed by atoms with van der Waals surface area (Å²) in [7, 11) is 0. The fraction of sp³-hybridized carbons (Fsp3) is 0.500. The van der Waals surface area contributed by atoms with Gasteiger partial charge in [0.15, 0.2) is 5.78 Å². The van der Waals surface area contributed by atoms with Crippen molar-refractivity contribution in [1.29, 1.82) is 0 Å². The van der Waals surface area contributed by atoms with Crippen molar-refractivity contribution >= 4 is 5.78 Å². The molecule has 2 N–H and O–H groups in total. The van der Waals surface area contributed by atoms with E-state index in [1.807, 2.05) is 0 Å². The van der Waals surface area contributed by atoms with Gasteiger partial charge in [0, 0.05) is 13.0 Å². The molecule has 0 fully saturated rings. The van der Waals surface area contributed by atoms with Crippen molar-refractivity contribution in [2.45, 2.75) is 18.9 Å². The topological polar surface area (TPSA) is 57.5 Å². The summed E-state index contributed by atoms with van der Waals surface area (Å²) >= 11 is 0. The summed E-state index contributed by atoms with van der Waals surface area (Å²) in [4.78, 5) is 11.0. The SMILES string of the molecule is [CH2]C(O)(CCO)C(=O)C(=C)C. The van der Waals surface area contributed by atoms with E-state index in [1.54, 1.807) is 0 Å². The maximum Gasteiger partial charge on any atom is 0.189 e. The minimum atomic E-state index is -1.71. The number of aliphatic hydroxyl groups is 2. The maximum atomic E-state index is 11.0. The van der Waals surface area contributed by atoms with Crippen molar-refractivity contribution in [1.82, 2.24) is 0 Å². The zero-order valence-electron chi connectivity index (χ0n) is 6.63. The van der Waals surface area contributed by atoms with Gasteiger partial charge in [-0.05, 0) is 19.4 Å². The number of Topliss-reactive ketones (excluding diaryl/α,β-unsaturated/α-hetero) is 1. The molecule has 0 saturated heterocycles. The molecule has 3 heteroatoms. The number of hydrogen-bond donors (Lipinski definition) is 2. The van der Waals surface area contributed by atoms with Crippen molar-refractivity contribution in [2.24, 2.45) is 0 Å². The van der Waals surface area contributed by atoms with Crippen molar-refractivity contribution in [2.75, 3.05) is 6.61 Å². The van der Waals surface area contributed by atoms with Crippen LogP contribution in [0.15, 0.2) is 12.2 Å². The maximum absolute atomic E-state index is 11.0. The van der Waals surface area contributed by atoms with Gasteiger partial charge in [0.05, 0.1) is 0 Å². The molecule has 0 rings (SSSR count). The highest BCUT2D eigenvalue weighted by molar-refractivity contribution is 6.01. The predicted octanol–water partition coefficient (Wildman–Crippen LogP) is 0.0792. The molecule has 1 atom stereocenters. The number of aliphatic hydroxyl groups excluding tert-OH is 1. The van der Waals surface area contributed by atoms with Gasteiger partial charge in [0.2, 0.25) is 0 Å². The lowest BCUT2D eigenvalue weighted by molar-refractivity contribution is -0.130. The predicted molar refractivity (Wildman–Crippen MR) is 41.8 cm³/mol. The first-order valence-corrected chi connectivity index (χ1v) is 3.30. The van der Waals surface area contributed by atoms with Crippen LogP contribution in [0, 0.1) is 6.92 Å². The van der Waals surface area contributed by atoms with Crippen LogP contribution >= 0.6 is 0 Å². The molecule has 0 aliphatic heterocycles. The Morgan fingerprint density at radius 1 is 1.64 bits per heavy atom. The Morgan fingerprint density at radius 3 is 2.36 bits per heavy atom. The minimum Gasteiger partial charge on any atom is -0.396 e. The van der Waals surface area contributed by atoms with E-state index in [0.717, 1.165) is 0 Å². The largest absolute Gasteiger partial charge is 0.396 e. The smallest absolute Gasteiger partial charge is 0.189 e. The summed E-state index contributed by atoms with van der Waals surface area (Å²) in [6.45, 7) is 7.87. The second-order valence-electron chi connectivity index (χ2n) is 2.61. The standard InChI is InChI=1S/C8H13O3/c1-6(2)7(10)8(3,11)4-5-9/h9,11H,1,3-5H2,2H3. The average molecular weight is 157 g/mol. The zero-order valence-corrected chi connectivity index (χ0v) is 6.63. The molecule has 0 aromatic rings. The van der Waals surface area contributed by atoms with E-state index in [1.165, 1.54) is 6.92 Å². The first-order chi connectivity index (χ1) is 4.91. The molecular weight excluding hydrogens is 144 g/mol. The van der Waals surface area contributed by atoms with Crippen LogP contribution in [-0.4, -0.2) is 28.2 Å². The fourth-order valence-electron chi connectivity index (χ4n) is 0.696. The lowest BCUT2D eigenvalue weighted by Gasteiger charge is -2.19. The number of ketones is 1. The van der Waals surface area contributed by atoms with E-state index in [-0.39, 0.29) is 18.6 Å². The van der Waals surface area contributed by atoms with Crippen LogP contribution < -0.4 is 0 Å². The summed E-state index contributed by atoms with van der Waals surface area (Å²) in [5.74, 6) is -0.522. The third-order valence-electron chi connectivity index (χ3n) is 1.34. The van der Waals surface area contributed by atoms with Crippen LogP contribution in [-0.2, 0) is 4.79 Å². The van der Waals surface area contributed by atoms with Gasteiger partial charge >= 0.3 is 0 Å². The van der Waals surface area contributed by atoms with Gasteiger partial charge in [-0.15, -0.1) is 0 Å². The molecule has 0 amide bonds. The summed E-state index contributed by atoms with van der Waals surface area (Å²) in [6, 6.07) is 0. The van der Waals surface area contributed by atoms with Gasteiger partial charge in [-0.2, -0.15) is 0 Å². The number of hydrogen-bond acceptors (Lipinski definition) is 3. The molecule has 3 nitrogen and oxygen atoms in total. The van der Waals surface area contributed by atoms with Crippen LogP contribution in [0.3, 0.4) is 0 Å². The first-order valence-electron chi connectivity index (χ1n) is 3.30. The highest BCUT2D eigenvalue weighted by Gasteiger charge is 2.29. The summed E-state index contributed by atoms with van der Waals surface area (Å²) in [6.07, 6.45) is -0.0569. The van der Waals surface area contributed by atoms with Crippen LogP contribution in [0.4, 0.5) is 0 Å². The Balaban J connectivity index is 4.29. The Labute approximate surface area is 66.4 Å². The van der Waals surface area contributed by atoms with Gasteiger partial charge in [0.1, 0.15) is 5.60 Å². The van der Waals surface area contributed by atoms with E-state index in [2.05, 4.69) is 13.5 Å². The second-order valence-corrected chi connectivity index (χ2v) is 2.61. The highest BCUT2D eigenvalue weighted by Crippen LogP contribution is 2.13. The lowest BCUT2D eigenvalue weighted by Crippen LogP contribution is -2.36. The quantitative estimate of drug-likeness (QED) is 0.568. The molecule has 0 aliphatic carbocycles. The number of carbonyl (C=O) groups excluding carboxylic acids is 1. The van der Waals surface area contributed by atoms with Gasteiger partial charge in [-0.3, -0.25) is 4.79 Å². The molecule has 0 bridgehead atoms. The normalized spacial score (nSPS) is 15.6. The van der Waals surface area contributed by atoms with Gasteiger partial charge in [-0.25, -0.2) is 0 Å². The molecule has 63 valence electrons. The fourth-order valence-corrected chi connectivity index (χ4v) is 0.696. The summed E-state index contributed by atoms with van der Waals surface area (Å²) < 4.78 is 0. The Morgan fingerprint density at radius 2 is 2.09 bits per heavy atom. The summed E-state index contributed by atoms with van der Waals surface area (Å²) in [5, 5.41) is 17.7. The van der Waals surface area contributed by atoms with Crippen LogP contribution in [0.25, 0.3) is 0 Å². The second kappa shape index (κ2) is 3.64. The van der Waals surface area contributed by atoms with Crippen LogP contribution in [0.2, 0.25) is 0 Å². The molecular formula is C8H13O3. The van der Waals surface area contributed by atoms with Crippen LogP contribution in [0.1, 0.15) is 13.3 Å². The van der Waals surface area contributed by atoms with E-state index in [0.29, 0.717) is 0 Å². The Bertz CT molecular complexity index is 170.